The minimum Gasteiger partial charge on any atom is -0.629 e. The van der Waals surface area contributed by atoms with Crippen LogP contribution in [0.2, 0.25) is 0 Å². The predicted octanol–water partition coefficient (Wildman–Crippen LogP) is -2.68. The van der Waals surface area contributed by atoms with E-state index in [4.69, 9.17) is 0 Å². The van der Waals surface area contributed by atoms with E-state index in [0.717, 1.165) is 0 Å². The summed E-state index contributed by atoms with van der Waals surface area (Å²) in [5.74, 6) is 0. The second-order valence-corrected chi connectivity index (χ2v) is 1.63. The first-order valence-corrected chi connectivity index (χ1v) is 2.39. The molecule has 1 aromatic rings. The number of hydrogen-bond donors (Lipinski definition) is 0. The van der Waals surface area contributed by atoms with E-state index in [1.807, 2.05) is 0 Å². The Morgan fingerprint density at radius 3 is 2.56 bits per heavy atom. The minimum atomic E-state index is -0.132. The molecule has 1 rings (SSSR count). The first kappa shape index (κ1) is 8.95. The van der Waals surface area contributed by atoms with Gasteiger partial charge >= 0.3 is 29.6 Å². The smallest absolute Gasteiger partial charge is 0.629 e. The van der Waals surface area contributed by atoms with Crippen molar-refractivity contribution in [2.24, 2.45) is 0 Å². The molecule has 0 spiro atoms. The van der Waals surface area contributed by atoms with E-state index in [-0.39, 0.29) is 35.1 Å². The molecule has 1 heterocycles. The molecule has 0 aromatic carbocycles. The monoisotopic (exact) mass is 131 g/mol. The summed E-state index contributed by atoms with van der Waals surface area (Å²) in [4.78, 5) is 14.0. The van der Waals surface area contributed by atoms with Crippen molar-refractivity contribution in [1.82, 2.24) is 4.98 Å². The number of pyridine rings is 1. The van der Waals surface area contributed by atoms with Crippen molar-refractivity contribution >= 4 is 0 Å². The average Bonchev–Trinajstić information content (AvgIpc) is 1.77. The number of nitrogens with zero attached hydrogens (tertiary/aromatic N) is 1. The van der Waals surface area contributed by atoms with Gasteiger partial charge in [-0.05, 0) is 12.5 Å². The minimum absolute atomic E-state index is 0. The molecule has 0 N–H and O–H groups in total. The van der Waals surface area contributed by atoms with Gasteiger partial charge in [0, 0.05) is 0 Å². The van der Waals surface area contributed by atoms with E-state index in [9.17, 15) is 4.79 Å². The summed E-state index contributed by atoms with van der Waals surface area (Å²) in [6.07, 6.45) is 1.50. The summed E-state index contributed by atoms with van der Waals surface area (Å²) in [6, 6.07) is 3.49. The Balaban J connectivity index is 0.000000640. The first-order valence-electron chi connectivity index (χ1n) is 2.39. The largest absolute Gasteiger partial charge is 1.00 e. The molecule has 0 bridgehead atoms. The van der Waals surface area contributed by atoms with Gasteiger partial charge in [0.05, 0.1) is 5.56 Å². The fourth-order valence-electron chi connectivity index (χ4n) is 0.471. The molecule has 3 heteroatoms. The molecule has 0 unspecified atom stereocenters. The maximum atomic E-state index is 10.5. The fraction of sp³-hybridized carbons (Fsp3) is 0.167. The number of hydrogen-bond acceptors (Lipinski definition) is 1. The Kier molecular flexibility index (Phi) is 3.86. The summed E-state index contributed by atoms with van der Waals surface area (Å²) in [7, 11) is 0. The van der Waals surface area contributed by atoms with Crippen LogP contribution in [0.25, 0.3) is 0 Å². The Morgan fingerprint density at radius 2 is 2.22 bits per heavy atom. The van der Waals surface area contributed by atoms with Crippen molar-refractivity contribution in [2.45, 2.75) is 6.92 Å². The summed E-state index contributed by atoms with van der Waals surface area (Å²) < 4.78 is 0. The molecule has 0 aliphatic rings. The maximum absolute atomic E-state index is 10.5. The Hall–Kier alpha value is -0.0500. The molecule has 0 atom stereocenters. The molecule has 0 aliphatic carbocycles. The Morgan fingerprint density at radius 1 is 1.56 bits per heavy atom. The van der Waals surface area contributed by atoms with Gasteiger partial charge in [-0.3, -0.25) is 0 Å². The van der Waals surface area contributed by atoms with Crippen LogP contribution in [0.1, 0.15) is 5.56 Å². The van der Waals surface area contributed by atoms with Gasteiger partial charge in [0.2, 0.25) is 0 Å². The van der Waals surface area contributed by atoms with E-state index in [2.05, 4.69) is 4.98 Å². The third kappa shape index (κ3) is 2.35. The second-order valence-electron chi connectivity index (χ2n) is 1.63. The molecule has 0 fully saturated rings. The van der Waals surface area contributed by atoms with Gasteiger partial charge in [0.25, 0.3) is 0 Å². The molecule has 0 amide bonds. The average molecular weight is 131 g/mol. The zero-order valence-electron chi connectivity index (χ0n) is 5.59. The van der Waals surface area contributed by atoms with Crippen LogP contribution >= 0.6 is 0 Å². The van der Waals surface area contributed by atoms with Gasteiger partial charge in [0.15, 0.2) is 0 Å². The van der Waals surface area contributed by atoms with Crippen LogP contribution in [0.5, 0.6) is 0 Å². The molecule has 9 heavy (non-hydrogen) atoms. The Bertz CT molecular complexity index is 230. The molecular weight excluding hydrogens is 125 g/mol. The topological polar surface area (TPSA) is 31.2 Å². The van der Waals surface area contributed by atoms with Crippen LogP contribution in [0.4, 0.5) is 0 Å². The van der Waals surface area contributed by atoms with E-state index >= 15 is 0 Å². The molecule has 1 aromatic heterocycles. The van der Waals surface area contributed by atoms with Crippen molar-refractivity contribution < 1.29 is 29.6 Å². The first-order chi connectivity index (χ1) is 3.80. The molecule has 0 saturated carbocycles. The van der Waals surface area contributed by atoms with Crippen molar-refractivity contribution in [2.75, 3.05) is 0 Å². The summed E-state index contributed by atoms with van der Waals surface area (Å²) in [5, 5.41) is 0. The van der Waals surface area contributed by atoms with Crippen LogP contribution in [0, 0.1) is 6.92 Å². The molecule has 0 saturated heterocycles. The molecule has 0 aliphatic heterocycles. The molecule has 42 valence electrons. The third-order valence-corrected chi connectivity index (χ3v) is 0.961. The van der Waals surface area contributed by atoms with Gasteiger partial charge in [-0.15, -0.1) is 0 Å². The zero-order valence-corrected chi connectivity index (χ0v) is 7.59. The number of rotatable bonds is 0. The van der Waals surface area contributed by atoms with Crippen molar-refractivity contribution in [1.29, 1.82) is 0 Å². The van der Waals surface area contributed by atoms with Gasteiger partial charge in [-0.1, -0.05) is 12.1 Å². The third-order valence-electron chi connectivity index (χ3n) is 0.961. The van der Waals surface area contributed by atoms with Crippen molar-refractivity contribution in [3.63, 3.8) is 0 Å². The molecular formula is C6H6NNaO. The predicted molar refractivity (Wildman–Crippen MR) is 30.8 cm³/mol. The van der Waals surface area contributed by atoms with E-state index in [1.165, 1.54) is 6.20 Å². The van der Waals surface area contributed by atoms with Crippen molar-refractivity contribution in [3.8, 4) is 0 Å². The fourth-order valence-corrected chi connectivity index (χ4v) is 0.471. The summed E-state index contributed by atoms with van der Waals surface area (Å²) in [5.41, 5.74) is 0.569. The van der Waals surface area contributed by atoms with E-state index in [1.54, 1.807) is 19.1 Å². The van der Waals surface area contributed by atoms with Crippen LogP contribution < -0.4 is 40.1 Å². The number of aromatic nitrogens is 1. The number of aryl methyl sites for hydroxylation is 1. The Labute approximate surface area is 75.6 Å². The van der Waals surface area contributed by atoms with Crippen LogP contribution in [-0.2, 0) is 0 Å². The molecule has 0 radical (unpaired) electrons. The standard InChI is InChI=1S/C6H7NO.Na/c1-5-3-2-4-7-6(5)8;/h2-4H,1H3,(H,7,8);/q;+1/p-1. The second kappa shape index (κ2) is 3.88. The quantitative estimate of drug-likeness (QED) is 0.359. The van der Waals surface area contributed by atoms with Gasteiger partial charge < -0.3 is 9.78 Å². The maximum Gasteiger partial charge on any atom is 1.00 e. The van der Waals surface area contributed by atoms with Crippen LogP contribution in [-0.4, -0.2) is 0 Å². The summed E-state index contributed by atoms with van der Waals surface area (Å²) >= 11 is 0. The van der Waals surface area contributed by atoms with Crippen LogP contribution in [0.15, 0.2) is 23.1 Å². The van der Waals surface area contributed by atoms with Crippen molar-refractivity contribution in [3.05, 3.63) is 34.2 Å². The van der Waals surface area contributed by atoms with Gasteiger partial charge in [0.1, 0.15) is 0 Å². The normalized spacial score (nSPS) is 8.11. The van der Waals surface area contributed by atoms with Gasteiger partial charge in [-0.25, -0.2) is 0 Å². The van der Waals surface area contributed by atoms with Gasteiger partial charge in [-0.2, -0.15) is 6.20 Å². The zero-order chi connectivity index (χ0) is 5.98. The SMILES string of the molecule is Cc1ccc[n-]c1=O.[Na+]. The van der Waals surface area contributed by atoms with E-state index in [0.29, 0.717) is 5.56 Å². The van der Waals surface area contributed by atoms with E-state index < -0.39 is 0 Å². The summed E-state index contributed by atoms with van der Waals surface area (Å²) in [6.45, 7) is 1.75. The molecule has 2 nitrogen and oxygen atoms in total. The van der Waals surface area contributed by atoms with Crippen LogP contribution in [0.3, 0.4) is 0 Å².